The lowest BCUT2D eigenvalue weighted by Crippen LogP contribution is -2.30. The maximum Gasteiger partial charge on any atom is 0.296 e. The number of rotatable bonds is 5. The monoisotopic (exact) mass is 492 g/mol. The number of fused-ring (bicyclic) bond motifs is 2. The van der Waals surface area contributed by atoms with Crippen molar-refractivity contribution < 1.29 is 18.3 Å². The van der Waals surface area contributed by atoms with Crippen molar-refractivity contribution in [3.05, 3.63) is 135 Å². The molecule has 182 valence electrons. The second-order valence-electron chi connectivity index (χ2n) is 8.87. The van der Waals surface area contributed by atoms with Gasteiger partial charge >= 0.3 is 0 Å². The Morgan fingerprint density at radius 2 is 1.73 bits per heavy atom. The quantitative estimate of drug-likeness (QED) is 0.303. The second-order valence-corrected chi connectivity index (χ2v) is 8.87. The lowest BCUT2D eigenvalue weighted by atomic mass is 9.98. The van der Waals surface area contributed by atoms with E-state index in [-0.39, 0.29) is 22.3 Å². The zero-order valence-electron chi connectivity index (χ0n) is 19.9. The van der Waals surface area contributed by atoms with Crippen molar-refractivity contribution in [1.29, 1.82) is 0 Å². The molecule has 0 saturated carbocycles. The lowest BCUT2D eigenvalue weighted by Gasteiger charge is -2.24. The first-order chi connectivity index (χ1) is 18.0. The molecule has 7 heteroatoms. The highest BCUT2D eigenvalue weighted by Crippen LogP contribution is 2.41. The number of hydrogen-bond acceptors (Lipinski definition) is 5. The molecule has 0 fully saturated rings. The van der Waals surface area contributed by atoms with Crippen molar-refractivity contribution in [2.24, 2.45) is 0 Å². The van der Waals surface area contributed by atoms with E-state index < -0.39 is 23.2 Å². The van der Waals surface area contributed by atoms with E-state index in [1.54, 1.807) is 24.3 Å². The summed E-state index contributed by atoms with van der Waals surface area (Å²) in [6.45, 7) is 2.23. The van der Waals surface area contributed by atoms with E-state index in [1.165, 1.54) is 17.0 Å². The van der Waals surface area contributed by atoms with Gasteiger partial charge in [-0.1, -0.05) is 48.5 Å². The van der Waals surface area contributed by atoms with Crippen LogP contribution in [0.1, 0.15) is 39.0 Å². The van der Waals surface area contributed by atoms with E-state index >= 15 is 0 Å². The molecule has 6 rings (SSSR count). The van der Waals surface area contributed by atoms with Crippen LogP contribution in [0.15, 0.2) is 100 Å². The third kappa shape index (κ3) is 4.04. The number of anilines is 1. The minimum absolute atomic E-state index is 0.0678. The van der Waals surface area contributed by atoms with Gasteiger partial charge in [-0.05, 0) is 60.5 Å². The van der Waals surface area contributed by atoms with Crippen LogP contribution < -0.4 is 15.1 Å². The molecule has 3 heterocycles. The molecule has 5 aromatic rings. The van der Waals surface area contributed by atoms with Gasteiger partial charge in [-0.25, -0.2) is 9.37 Å². The Hall–Kier alpha value is -4.78. The number of pyridine rings is 1. The van der Waals surface area contributed by atoms with Gasteiger partial charge in [-0.15, -0.1) is 0 Å². The summed E-state index contributed by atoms with van der Waals surface area (Å²) in [6.07, 6.45) is 0. The van der Waals surface area contributed by atoms with Crippen LogP contribution >= 0.6 is 0 Å². The molecule has 1 aliphatic heterocycles. The van der Waals surface area contributed by atoms with E-state index in [9.17, 15) is 14.0 Å². The van der Waals surface area contributed by atoms with Gasteiger partial charge in [0.1, 0.15) is 29.6 Å². The maximum atomic E-state index is 14.0. The van der Waals surface area contributed by atoms with Gasteiger partial charge in [0.25, 0.3) is 5.91 Å². The fourth-order valence-electron chi connectivity index (χ4n) is 4.65. The number of carbonyl (C=O) groups excluding carboxylic acids is 1. The number of hydrogen-bond donors (Lipinski definition) is 0. The number of amides is 1. The lowest BCUT2D eigenvalue weighted by molar-refractivity contribution is 0.0970. The summed E-state index contributed by atoms with van der Waals surface area (Å²) in [5, 5.41) is 0.0819. The van der Waals surface area contributed by atoms with Crippen molar-refractivity contribution in [1.82, 2.24) is 4.98 Å². The Morgan fingerprint density at radius 3 is 2.49 bits per heavy atom. The Kier molecular flexibility index (Phi) is 5.53. The smallest absolute Gasteiger partial charge is 0.296 e. The average molecular weight is 493 g/mol. The average Bonchev–Trinajstić information content (AvgIpc) is 3.21. The van der Waals surface area contributed by atoms with E-state index in [0.717, 1.165) is 17.3 Å². The fraction of sp³-hybridized carbons (Fsp3) is 0.100. The van der Waals surface area contributed by atoms with Crippen molar-refractivity contribution >= 4 is 22.7 Å². The van der Waals surface area contributed by atoms with Crippen LogP contribution in [-0.4, -0.2) is 10.9 Å². The largest absolute Gasteiger partial charge is 0.489 e. The Labute approximate surface area is 211 Å². The third-order valence-corrected chi connectivity index (χ3v) is 6.40. The number of benzene rings is 3. The highest BCUT2D eigenvalue weighted by atomic mass is 19.1. The topological polar surface area (TPSA) is 72.6 Å². The number of nitrogens with zero attached hydrogens (tertiary/aromatic N) is 2. The van der Waals surface area contributed by atoms with Crippen molar-refractivity contribution in [2.45, 2.75) is 19.6 Å². The highest BCUT2D eigenvalue weighted by molar-refractivity contribution is 6.10. The third-order valence-electron chi connectivity index (χ3n) is 6.40. The summed E-state index contributed by atoms with van der Waals surface area (Å²) in [5.41, 5.74) is 2.29. The van der Waals surface area contributed by atoms with Gasteiger partial charge in [-0.2, -0.15) is 0 Å². The van der Waals surface area contributed by atoms with Gasteiger partial charge in [0.2, 0.25) is 5.76 Å². The SMILES string of the molecule is Cc1cccc(N2C(=O)c3oc4ccc(F)cc4c(=O)c3C2c2ccc(OCc3ccccc3)cc2)n1. The molecule has 0 saturated heterocycles. The van der Waals surface area contributed by atoms with Crippen LogP contribution in [0.5, 0.6) is 5.75 Å². The molecule has 0 N–H and O–H groups in total. The fourth-order valence-corrected chi connectivity index (χ4v) is 4.65. The molecule has 1 unspecified atom stereocenters. The molecule has 0 spiro atoms. The zero-order chi connectivity index (χ0) is 25.5. The van der Waals surface area contributed by atoms with Crippen LogP contribution in [-0.2, 0) is 6.61 Å². The molecule has 1 aliphatic rings. The van der Waals surface area contributed by atoms with Crippen LogP contribution in [0.4, 0.5) is 10.2 Å². The first kappa shape index (κ1) is 22.7. The molecular formula is C30H21FN2O4. The molecule has 1 atom stereocenters. The maximum absolute atomic E-state index is 14.0. The molecule has 1 amide bonds. The van der Waals surface area contributed by atoms with E-state index in [0.29, 0.717) is 23.7 Å². The molecule has 6 nitrogen and oxygen atoms in total. The van der Waals surface area contributed by atoms with Gasteiger partial charge in [-0.3, -0.25) is 14.5 Å². The van der Waals surface area contributed by atoms with Crippen LogP contribution in [0.25, 0.3) is 11.0 Å². The molecule has 0 aliphatic carbocycles. The predicted octanol–water partition coefficient (Wildman–Crippen LogP) is 5.96. The number of halogens is 1. The van der Waals surface area contributed by atoms with Gasteiger partial charge in [0, 0.05) is 5.69 Å². The summed E-state index contributed by atoms with van der Waals surface area (Å²) in [6, 6.07) is 25.3. The first-order valence-electron chi connectivity index (χ1n) is 11.8. The molecule has 37 heavy (non-hydrogen) atoms. The Morgan fingerprint density at radius 1 is 0.946 bits per heavy atom. The van der Waals surface area contributed by atoms with Crippen molar-refractivity contribution in [3.8, 4) is 5.75 Å². The Bertz CT molecular complexity index is 1700. The summed E-state index contributed by atoms with van der Waals surface area (Å²) < 4.78 is 25.8. The summed E-state index contributed by atoms with van der Waals surface area (Å²) >= 11 is 0. The minimum Gasteiger partial charge on any atom is -0.489 e. The van der Waals surface area contributed by atoms with Crippen LogP contribution in [0.3, 0.4) is 0 Å². The number of ether oxygens (including phenoxy) is 1. The molecule has 0 radical (unpaired) electrons. The van der Waals surface area contributed by atoms with Gasteiger partial charge in [0.05, 0.1) is 17.0 Å². The Balaban J connectivity index is 1.45. The first-order valence-corrected chi connectivity index (χ1v) is 11.8. The van der Waals surface area contributed by atoms with E-state index in [1.807, 2.05) is 55.5 Å². The van der Waals surface area contributed by atoms with Crippen LogP contribution in [0, 0.1) is 12.7 Å². The normalized spacial score (nSPS) is 14.7. The predicted molar refractivity (Wildman–Crippen MR) is 137 cm³/mol. The minimum atomic E-state index is -0.802. The summed E-state index contributed by atoms with van der Waals surface area (Å²) in [7, 11) is 0. The standard InChI is InChI=1S/C30H21FN2O4/c1-18-6-5-9-25(32-18)33-27(20-10-13-22(14-11-20)36-17-19-7-3-2-4-8-19)26-28(34)23-16-21(31)12-15-24(23)37-29(26)30(33)35/h2-16,27H,17H2,1H3. The summed E-state index contributed by atoms with van der Waals surface area (Å²) in [5.74, 6) is -0.0733. The highest BCUT2D eigenvalue weighted by Gasteiger charge is 2.44. The van der Waals surface area contributed by atoms with Crippen molar-refractivity contribution in [3.63, 3.8) is 0 Å². The number of aryl methyl sites for hydroxylation is 1. The molecule has 3 aromatic carbocycles. The second kappa shape index (κ2) is 9.02. The van der Waals surface area contributed by atoms with Gasteiger partial charge in [0.15, 0.2) is 5.43 Å². The number of carbonyl (C=O) groups is 1. The zero-order valence-corrected chi connectivity index (χ0v) is 19.9. The van der Waals surface area contributed by atoms with Crippen LogP contribution in [0.2, 0.25) is 0 Å². The van der Waals surface area contributed by atoms with Crippen molar-refractivity contribution in [2.75, 3.05) is 4.90 Å². The number of aromatic nitrogens is 1. The van der Waals surface area contributed by atoms with E-state index in [4.69, 9.17) is 9.15 Å². The molecule has 0 bridgehead atoms. The summed E-state index contributed by atoms with van der Waals surface area (Å²) in [4.78, 5) is 33.2. The van der Waals surface area contributed by atoms with E-state index in [2.05, 4.69) is 4.98 Å². The molecule has 2 aromatic heterocycles. The molecular weight excluding hydrogens is 471 g/mol. The van der Waals surface area contributed by atoms with Gasteiger partial charge < -0.3 is 9.15 Å².